The lowest BCUT2D eigenvalue weighted by atomic mass is 10.1. The fourth-order valence-corrected chi connectivity index (χ4v) is 1.56. The van der Waals surface area contributed by atoms with Crippen molar-refractivity contribution in [3.05, 3.63) is 29.8 Å². The molecule has 4 heteroatoms. The monoisotopic (exact) mass is 237 g/mol. The van der Waals surface area contributed by atoms with Crippen LogP contribution in [0.2, 0.25) is 0 Å². The second kappa shape index (κ2) is 5.68. The molecule has 1 unspecified atom stereocenters. The van der Waals surface area contributed by atoms with E-state index in [0.717, 1.165) is 17.7 Å². The van der Waals surface area contributed by atoms with Gasteiger partial charge in [-0.3, -0.25) is 0 Å². The molecule has 1 aromatic carbocycles. The lowest BCUT2D eigenvalue weighted by Gasteiger charge is -2.22. The average Bonchev–Trinajstić information content (AvgIpc) is 2.35. The largest absolute Gasteiger partial charge is 0.467 e. The Kier molecular flexibility index (Phi) is 4.52. The number of esters is 1. The van der Waals surface area contributed by atoms with Crippen molar-refractivity contribution in [2.45, 2.75) is 25.9 Å². The zero-order chi connectivity index (χ0) is 12.9. The number of aryl methyl sites for hydroxylation is 1. The zero-order valence-corrected chi connectivity index (χ0v) is 10.5. The average molecular weight is 237 g/mol. The molecule has 94 valence electrons. The van der Waals surface area contributed by atoms with E-state index in [1.807, 2.05) is 24.3 Å². The topological polar surface area (TPSA) is 58.6 Å². The first-order chi connectivity index (χ1) is 8.01. The number of rotatable bonds is 5. The number of nitrogens with one attached hydrogen (secondary N) is 1. The van der Waals surface area contributed by atoms with Crippen LogP contribution in [0, 0.1) is 0 Å². The van der Waals surface area contributed by atoms with Crippen LogP contribution in [0.4, 0.5) is 5.69 Å². The molecule has 1 atom stereocenters. The molecule has 0 fully saturated rings. The molecule has 0 spiro atoms. The number of ether oxygens (including phenoxy) is 1. The Labute approximate surface area is 102 Å². The normalized spacial score (nSPS) is 13.9. The molecule has 17 heavy (non-hydrogen) atoms. The van der Waals surface area contributed by atoms with Crippen LogP contribution in [0.3, 0.4) is 0 Å². The first-order valence-electron chi connectivity index (χ1n) is 5.64. The van der Waals surface area contributed by atoms with Crippen molar-refractivity contribution in [2.75, 3.05) is 19.0 Å². The van der Waals surface area contributed by atoms with Crippen molar-refractivity contribution >= 4 is 11.7 Å². The highest BCUT2D eigenvalue weighted by Gasteiger charge is 2.31. The smallest absolute Gasteiger partial charge is 0.339 e. The molecule has 0 bridgehead atoms. The van der Waals surface area contributed by atoms with E-state index in [-0.39, 0.29) is 6.54 Å². The van der Waals surface area contributed by atoms with Gasteiger partial charge in [0.05, 0.1) is 13.7 Å². The van der Waals surface area contributed by atoms with Crippen LogP contribution in [0.25, 0.3) is 0 Å². The minimum Gasteiger partial charge on any atom is -0.467 e. The number of hydrogen-bond acceptors (Lipinski definition) is 4. The van der Waals surface area contributed by atoms with Crippen molar-refractivity contribution in [1.82, 2.24) is 0 Å². The third-order valence-electron chi connectivity index (χ3n) is 2.65. The Morgan fingerprint density at radius 1 is 1.47 bits per heavy atom. The highest BCUT2D eigenvalue weighted by molar-refractivity contribution is 5.79. The first-order valence-corrected chi connectivity index (χ1v) is 5.64. The SMILES string of the molecule is CCc1ccccc1NCC(C)(O)C(=O)OC. The summed E-state index contributed by atoms with van der Waals surface area (Å²) in [5.41, 5.74) is 0.558. The standard InChI is InChI=1S/C13H19NO3/c1-4-10-7-5-6-8-11(10)14-9-13(2,16)12(15)17-3/h5-8,14,16H,4,9H2,1-3H3. The van der Waals surface area contributed by atoms with Crippen molar-refractivity contribution in [1.29, 1.82) is 0 Å². The molecule has 0 amide bonds. The van der Waals surface area contributed by atoms with Gasteiger partial charge in [0.15, 0.2) is 5.60 Å². The first kappa shape index (κ1) is 13.5. The molecular weight excluding hydrogens is 218 g/mol. The minimum absolute atomic E-state index is 0.122. The molecule has 2 N–H and O–H groups in total. The van der Waals surface area contributed by atoms with E-state index in [4.69, 9.17) is 0 Å². The highest BCUT2D eigenvalue weighted by Crippen LogP contribution is 2.17. The van der Waals surface area contributed by atoms with Crippen LogP contribution in [0.15, 0.2) is 24.3 Å². The summed E-state index contributed by atoms with van der Waals surface area (Å²) in [5.74, 6) is -0.640. The fraction of sp³-hybridized carbons (Fsp3) is 0.462. The lowest BCUT2D eigenvalue weighted by Crippen LogP contribution is -2.42. The van der Waals surface area contributed by atoms with Gasteiger partial charge in [0.2, 0.25) is 0 Å². The summed E-state index contributed by atoms with van der Waals surface area (Å²) in [4.78, 5) is 11.3. The van der Waals surface area contributed by atoms with Gasteiger partial charge in [0.25, 0.3) is 0 Å². The van der Waals surface area contributed by atoms with Gasteiger partial charge in [-0.2, -0.15) is 0 Å². The Morgan fingerprint density at radius 3 is 2.71 bits per heavy atom. The van der Waals surface area contributed by atoms with Gasteiger partial charge in [-0.1, -0.05) is 25.1 Å². The fourth-order valence-electron chi connectivity index (χ4n) is 1.56. The predicted octanol–water partition coefficient (Wildman–Crippen LogP) is 1.58. The van der Waals surface area contributed by atoms with Crippen LogP contribution in [-0.2, 0) is 16.0 Å². The van der Waals surface area contributed by atoms with Crippen LogP contribution in [0.1, 0.15) is 19.4 Å². The molecule has 0 aromatic heterocycles. The molecule has 0 aliphatic rings. The molecule has 1 rings (SSSR count). The van der Waals surface area contributed by atoms with Crippen LogP contribution in [-0.4, -0.2) is 30.3 Å². The van der Waals surface area contributed by atoms with Crippen LogP contribution in [0.5, 0.6) is 0 Å². The second-order valence-electron chi connectivity index (χ2n) is 4.13. The van der Waals surface area contributed by atoms with Gasteiger partial charge in [-0.15, -0.1) is 0 Å². The number of aliphatic hydroxyl groups is 1. The summed E-state index contributed by atoms with van der Waals surface area (Å²) in [6, 6.07) is 7.80. The van der Waals surface area contributed by atoms with Gasteiger partial charge in [0, 0.05) is 5.69 Å². The number of para-hydroxylation sites is 1. The molecule has 0 radical (unpaired) electrons. The number of carbonyl (C=O) groups is 1. The van der Waals surface area contributed by atoms with E-state index in [1.54, 1.807) is 0 Å². The van der Waals surface area contributed by atoms with Gasteiger partial charge >= 0.3 is 5.97 Å². The number of carbonyl (C=O) groups excluding carboxylic acids is 1. The molecule has 0 heterocycles. The lowest BCUT2D eigenvalue weighted by molar-refractivity contribution is -0.158. The molecule has 0 saturated heterocycles. The van der Waals surface area contributed by atoms with E-state index >= 15 is 0 Å². The summed E-state index contributed by atoms with van der Waals surface area (Å²) < 4.78 is 4.53. The second-order valence-corrected chi connectivity index (χ2v) is 4.13. The highest BCUT2D eigenvalue weighted by atomic mass is 16.5. The van der Waals surface area contributed by atoms with Crippen molar-refractivity contribution in [3.8, 4) is 0 Å². The third kappa shape index (κ3) is 3.46. The summed E-state index contributed by atoms with van der Waals surface area (Å²) in [6.07, 6.45) is 0.892. The quantitative estimate of drug-likeness (QED) is 0.763. The van der Waals surface area contributed by atoms with Gasteiger partial charge < -0.3 is 15.2 Å². The number of anilines is 1. The molecule has 0 aliphatic carbocycles. The molecule has 0 saturated carbocycles. The molecule has 1 aromatic rings. The maximum absolute atomic E-state index is 11.3. The van der Waals surface area contributed by atoms with E-state index in [9.17, 15) is 9.90 Å². The molecule has 4 nitrogen and oxygen atoms in total. The van der Waals surface area contributed by atoms with Crippen molar-refractivity contribution in [2.24, 2.45) is 0 Å². The maximum Gasteiger partial charge on any atom is 0.339 e. The summed E-state index contributed by atoms with van der Waals surface area (Å²) in [5, 5.41) is 12.9. The van der Waals surface area contributed by atoms with E-state index in [2.05, 4.69) is 17.0 Å². The van der Waals surface area contributed by atoms with Gasteiger partial charge in [0.1, 0.15) is 0 Å². The molecule has 0 aliphatic heterocycles. The summed E-state index contributed by atoms with van der Waals surface area (Å²) in [6.45, 7) is 3.61. The Hall–Kier alpha value is -1.55. The van der Waals surface area contributed by atoms with E-state index < -0.39 is 11.6 Å². The summed E-state index contributed by atoms with van der Waals surface area (Å²) in [7, 11) is 1.26. The Morgan fingerprint density at radius 2 is 2.12 bits per heavy atom. The van der Waals surface area contributed by atoms with Crippen molar-refractivity contribution in [3.63, 3.8) is 0 Å². The Bertz CT molecular complexity index is 388. The number of hydrogen-bond donors (Lipinski definition) is 2. The van der Waals surface area contributed by atoms with Crippen molar-refractivity contribution < 1.29 is 14.6 Å². The Balaban J connectivity index is 2.70. The minimum atomic E-state index is -1.52. The third-order valence-corrected chi connectivity index (χ3v) is 2.65. The summed E-state index contributed by atoms with van der Waals surface area (Å²) >= 11 is 0. The number of methoxy groups -OCH3 is 1. The van der Waals surface area contributed by atoms with E-state index in [0.29, 0.717) is 0 Å². The molecular formula is C13H19NO3. The van der Waals surface area contributed by atoms with E-state index in [1.165, 1.54) is 14.0 Å². The van der Waals surface area contributed by atoms with Crippen LogP contribution < -0.4 is 5.32 Å². The predicted molar refractivity (Wildman–Crippen MR) is 66.9 cm³/mol. The number of benzene rings is 1. The van der Waals surface area contributed by atoms with Gasteiger partial charge in [-0.25, -0.2) is 4.79 Å². The van der Waals surface area contributed by atoms with Crippen LogP contribution >= 0.6 is 0 Å². The maximum atomic E-state index is 11.3. The zero-order valence-electron chi connectivity index (χ0n) is 10.5. The van der Waals surface area contributed by atoms with Gasteiger partial charge in [-0.05, 0) is 25.0 Å².